The lowest BCUT2D eigenvalue weighted by atomic mass is 10.1. The molecule has 2 aromatic rings. The number of hydrogen-bond donors (Lipinski definition) is 3. The molecule has 3 N–H and O–H groups in total. The molecule has 2 amide bonds. The summed E-state index contributed by atoms with van der Waals surface area (Å²) in [5.74, 6) is -0.250. The van der Waals surface area contributed by atoms with E-state index in [1.54, 1.807) is 24.3 Å². The van der Waals surface area contributed by atoms with E-state index in [-0.39, 0.29) is 17.9 Å². The number of carbonyl (C=O) groups excluding carboxylic acids is 2. The highest BCUT2D eigenvalue weighted by atomic mass is 16.2. The summed E-state index contributed by atoms with van der Waals surface area (Å²) in [5.41, 5.74) is 4.61. The number of amides is 2. The maximum atomic E-state index is 12.3. The van der Waals surface area contributed by atoms with Gasteiger partial charge in [0.25, 0.3) is 0 Å². The van der Waals surface area contributed by atoms with Crippen molar-refractivity contribution in [3.63, 3.8) is 0 Å². The molecule has 0 aliphatic carbocycles. The lowest BCUT2D eigenvalue weighted by Gasteiger charge is -2.16. The van der Waals surface area contributed by atoms with Crippen LogP contribution in [0.3, 0.4) is 0 Å². The second kappa shape index (κ2) is 7.64. The van der Waals surface area contributed by atoms with Crippen molar-refractivity contribution in [2.24, 2.45) is 0 Å². The summed E-state index contributed by atoms with van der Waals surface area (Å²) < 4.78 is 0. The first-order chi connectivity index (χ1) is 11.3. The lowest BCUT2D eigenvalue weighted by molar-refractivity contribution is -0.116. The molecule has 0 spiro atoms. The molecule has 2 aromatic carbocycles. The Balaban J connectivity index is 1.97. The molecular formula is C19H23N3O2. The van der Waals surface area contributed by atoms with Crippen molar-refractivity contribution in [3.05, 3.63) is 53.6 Å². The van der Waals surface area contributed by atoms with Crippen molar-refractivity contribution in [2.75, 3.05) is 16.0 Å². The van der Waals surface area contributed by atoms with E-state index < -0.39 is 0 Å². The van der Waals surface area contributed by atoms with Gasteiger partial charge in [0.15, 0.2) is 0 Å². The zero-order valence-corrected chi connectivity index (χ0v) is 14.4. The Morgan fingerprint density at radius 3 is 1.83 bits per heavy atom. The number of anilines is 3. The Bertz CT molecular complexity index is 719. The van der Waals surface area contributed by atoms with Crippen LogP contribution in [0, 0.1) is 13.8 Å². The van der Waals surface area contributed by atoms with E-state index in [0.29, 0.717) is 11.4 Å². The van der Waals surface area contributed by atoms with Crippen molar-refractivity contribution in [3.8, 4) is 0 Å². The molecule has 0 fully saturated rings. The first kappa shape index (κ1) is 17.5. The summed E-state index contributed by atoms with van der Waals surface area (Å²) in [6.45, 7) is 7.33. The Morgan fingerprint density at radius 2 is 1.33 bits per heavy atom. The van der Waals surface area contributed by atoms with Gasteiger partial charge in [-0.15, -0.1) is 0 Å². The molecule has 0 saturated carbocycles. The highest BCUT2D eigenvalue weighted by Crippen LogP contribution is 2.16. The molecule has 0 heterocycles. The highest BCUT2D eigenvalue weighted by molar-refractivity contribution is 5.96. The molecule has 24 heavy (non-hydrogen) atoms. The van der Waals surface area contributed by atoms with Gasteiger partial charge in [0.05, 0.1) is 0 Å². The van der Waals surface area contributed by atoms with E-state index in [2.05, 4.69) is 22.0 Å². The maximum Gasteiger partial charge on any atom is 0.246 e. The third-order valence-corrected chi connectivity index (χ3v) is 3.47. The second-order valence-electron chi connectivity index (χ2n) is 5.99. The van der Waals surface area contributed by atoms with E-state index in [1.165, 1.54) is 6.92 Å². The van der Waals surface area contributed by atoms with Crippen molar-refractivity contribution in [1.82, 2.24) is 0 Å². The minimum Gasteiger partial charge on any atom is -0.374 e. The molecule has 0 radical (unpaired) electrons. The Hall–Kier alpha value is -2.82. The number of hydrogen-bond acceptors (Lipinski definition) is 3. The third-order valence-electron chi connectivity index (χ3n) is 3.47. The fourth-order valence-electron chi connectivity index (χ4n) is 2.46. The molecule has 0 unspecified atom stereocenters. The Kier molecular flexibility index (Phi) is 5.58. The number of carbonyl (C=O) groups is 2. The van der Waals surface area contributed by atoms with Crippen LogP contribution in [0.5, 0.6) is 0 Å². The topological polar surface area (TPSA) is 70.2 Å². The quantitative estimate of drug-likeness (QED) is 0.785. The van der Waals surface area contributed by atoms with Crippen molar-refractivity contribution in [2.45, 2.75) is 33.7 Å². The smallest absolute Gasteiger partial charge is 0.246 e. The molecule has 0 aromatic heterocycles. The lowest BCUT2D eigenvalue weighted by Crippen LogP contribution is -2.31. The van der Waals surface area contributed by atoms with Gasteiger partial charge in [-0.2, -0.15) is 0 Å². The van der Waals surface area contributed by atoms with Gasteiger partial charge in [-0.25, -0.2) is 0 Å². The average molecular weight is 325 g/mol. The Morgan fingerprint density at radius 1 is 0.833 bits per heavy atom. The fourth-order valence-corrected chi connectivity index (χ4v) is 2.46. The summed E-state index contributed by atoms with van der Waals surface area (Å²) in [6, 6.07) is 12.8. The van der Waals surface area contributed by atoms with E-state index in [4.69, 9.17) is 0 Å². The van der Waals surface area contributed by atoms with Gasteiger partial charge in [0.1, 0.15) is 6.04 Å². The van der Waals surface area contributed by atoms with Gasteiger partial charge >= 0.3 is 0 Å². The molecule has 0 saturated heterocycles. The van der Waals surface area contributed by atoms with Crippen LogP contribution in [-0.4, -0.2) is 17.9 Å². The van der Waals surface area contributed by atoms with Gasteiger partial charge in [-0.1, -0.05) is 6.07 Å². The maximum absolute atomic E-state index is 12.3. The predicted octanol–water partition coefficient (Wildman–Crippen LogP) is 3.70. The van der Waals surface area contributed by atoms with E-state index >= 15 is 0 Å². The van der Waals surface area contributed by atoms with Gasteiger partial charge in [0.2, 0.25) is 11.8 Å². The molecule has 2 rings (SSSR count). The zero-order valence-electron chi connectivity index (χ0n) is 14.4. The molecule has 5 heteroatoms. The van der Waals surface area contributed by atoms with Crippen LogP contribution in [0.15, 0.2) is 42.5 Å². The van der Waals surface area contributed by atoms with E-state index in [9.17, 15) is 9.59 Å². The minimum atomic E-state index is -0.374. The van der Waals surface area contributed by atoms with Gasteiger partial charge in [0, 0.05) is 24.0 Å². The van der Waals surface area contributed by atoms with Crippen molar-refractivity contribution in [1.29, 1.82) is 0 Å². The number of rotatable bonds is 5. The van der Waals surface area contributed by atoms with E-state index in [1.807, 2.05) is 32.9 Å². The number of aryl methyl sites for hydroxylation is 2. The predicted molar refractivity (Wildman–Crippen MR) is 98.4 cm³/mol. The fraction of sp³-hybridized carbons (Fsp3) is 0.263. The minimum absolute atomic E-state index is 0.124. The Labute approximate surface area is 142 Å². The standard InChI is InChI=1S/C19H23N3O2/c1-12-9-13(2)11-18(10-12)20-14(3)19(24)22-17-7-5-16(6-8-17)21-15(4)23/h5-11,14,20H,1-4H3,(H,21,23)(H,22,24)/t14-/m0/s1. The van der Waals surface area contributed by atoms with Crippen LogP contribution in [0.25, 0.3) is 0 Å². The third kappa shape index (κ3) is 5.12. The summed E-state index contributed by atoms with van der Waals surface area (Å²) in [6.07, 6.45) is 0. The molecule has 126 valence electrons. The summed E-state index contributed by atoms with van der Waals surface area (Å²) in [4.78, 5) is 23.3. The number of benzene rings is 2. The van der Waals surface area contributed by atoms with Crippen LogP contribution in [0.2, 0.25) is 0 Å². The molecular weight excluding hydrogens is 302 g/mol. The van der Waals surface area contributed by atoms with Gasteiger partial charge in [-0.05, 0) is 68.3 Å². The van der Waals surface area contributed by atoms with Crippen LogP contribution >= 0.6 is 0 Å². The normalized spacial score (nSPS) is 11.5. The SMILES string of the molecule is CC(=O)Nc1ccc(NC(=O)[C@H](C)Nc2cc(C)cc(C)c2)cc1. The van der Waals surface area contributed by atoms with Gasteiger partial charge < -0.3 is 16.0 Å². The molecule has 1 atom stereocenters. The highest BCUT2D eigenvalue weighted by Gasteiger charge is 2.13. The zero-order chi connectivity index (χ0) is 17.7. The summed E-state index contributed by atoms with van der Waals surface area (Å²) in [5, 5.41) is 8.76. The van der Waals surface area contributed by atoms with Crippen LogP contribution in [0.4, 0.5) is 17.1 Å². The summed E-state index contributed by atoms with van der Waals surface area (Å²) in [7, 11) is 0. The summed E-state index contributed by atoms with van der Waals surface area (Å²) >= 11 is 0. The van der Waals surface area contributed by atoms with Crippen molar-refractivity contribution >= 4 is 28.9 Å². The van der Waals surface area contributed by atoms with Crippen LogP contribution in [0.1, 0.15) is 25.0 Å². The van der Waals surface area contributed by atoms with Gasteiger partial charge in [-0.3, -0.25) is 9.59 Å². The molecule has 0 aliphatic heterocycles. The van der Waals surface area contributed by atoms with Crippen LogP contribution < -0.4 is 16.0 Å². The number of nitrogens with one attached hydrogen (secondary N) is 3. The largest absolute Gasteiger partial charge is 0.374 e. The monoisotopic (exact) mass is 325 g/mol. The second-order valence-corrected chi connectivity index (χ2v) is 5.99. The molecule has 0 aliphatic rings. The average Bonchev–Trinajstić information content (AvgIpc) is 2.47. The first-order valence-electron chi connectivity index (χ1n) is 7.87. The van der Waals surface area contributed by atoms with Crippen LogP contribution in [-0.2, 0) is 9.59 Å². The molecule has 5 nitrogen and oxygen atoms in total. The molecule has 0 bridgehead atoms. The van der Waals surface area contributed by atoms with E-state index in [0.717, 1.165) is 16.8 Å². The van der Waals surface area contributed by atoms with Crippen molar-refractivity contribution < 1.29 is 9.59 Å². The first-order valence-corrected chi connectivity index (χ1v) is 7.87.